The highest BCUT2D eigenvalue weighted by molar-refractivity contribution is 5.77. The first-order chi connectivity index (χ1) is 11.6. The van der Waals surface area contributed by atoms with Gasteiger partial charge in [-0.1, -0.05) is 25.0 Å². The molecule has 2 aromatic rings. The number of β-amino-alcohol motifs (C(OH)–C–C–N with tert-alkyl or cyclic N) is 1. The molecule has 0 spiro atoms. The van der Waals surface area contributed by atoms with Crippen LogP contribution in [0, 0.1) is 0 Å². The first-order valence-corrected chi connectivity index (χ1v) is 8.99. The van der Waals surface area contributed by atoms with Gasteiger partial charge in [0.05, 0.1) is 22.5 Å². The summed E-state index contributed by atoms with van der Waals surface area (Å²) in [5, 5.41) is 11.5. The second-order valence-electron chi connectivity index (χ2n) is 7.41. The lowest BCUT2D eigenvalue weighted by Crippen LogP contribution is -2.42. The summed E-state index contributed by atoms with van der Waals surface area (Å²) in [6, 6.07) is 7.66. The van der Waals surface area contributed by atoms with Gasteiger partial charge in [-0.15, -0.1) is 0 Å². The average molecular weight is 327 g/mol. The molecule has 1 aliphatic heterocycles. The molecule has 5 nitrogen and oxygen atoms in total. The molecule has 2 fully saturated rings. The second kappa shape index (κ2) is 5.97. The maximum Gasteiger partial charge on any atom is 0.261 e. The molecule has 1 saturated carbocycles. The van der Waals surface area contributed by atoms with E-state index in [1.54, 1.807) is 4.57 Å². The topological polar surface area (TPSA) is 58.4 Å². The minimum absolute atomic E-state index is 0.0158. The molecule has 0 amide bonds. The number of aliphatic hydroxyl groups is 1. The van der Waals surface area contributed by atoms with Gasteiger partial charge in [-0.2, -0.15) is 0 Å². The van der Waals surface area contributed by atoms with E-state index in [0.717, 1.165) is 56.4 Å². The van der Waals surface area contributed by atoms with Gasteiger partial charge in [0, 0.05) is 13.6 Å². The molecule has 24 heavy (non-hydrogen) atoms. The lowest BCUT2D eigenvalue weighted by atomic mass is 10.0. The van der Waals surface area contributed by atoms with Crippen molar-refractivity contribution in [1.29, 1.82) is 0 Å². The van der Waals surface area contributed by atoms with E-state index < -0.39 is 5.60 Å². The number of fused-ring (bicyclic) bond motifs is 1. The maximum atomic E-state index is 12.7. The van der Waals surface area contributed by atoms with E-state index in [4.69, 9.17) is 4.98 Å². The van der Waals surface area contributed by atoms with E-state index in [0.29, 0.717) is 11.9 Å². The molecule has 1 aromatic carbocycles. The Morgan fingerprint density at radius 1 is 1.25 bits per heavy atom. The molecule has 1 aliphatic carbocycles. The molecule has 1 N–H and O–H groups in total. The highest BCUT2D eigenvalue weighted by atomic mass is 16.3. The van der Waals surface area contributed by atoms with Crippen LogP contribution in [-0.2, 0) is 7.05 Å². The molecule has 0 radical (unpaired) electrons. The summed E-state index contributed by atoms with van der Waals surface area (Å²) in [7, 11) is 1.82. The molecule has 1 aromatic heterocycles. The van der Waals surface area contributed by atoms with Crippen LogP contribution in [0.15, 0.2) is 29.1 Å². The lowest BCUT2D eigenvalue weighted by molar-refractivity contribution is 0.00431. The van der Waals surface area contributed by atoms with Gasteiger partial charge in [0.25, 0.3) is 5.56 Å². The van der Waals surface area contributed by atoms with E-state index in [1.807, 2.05) is 31.3 Å². The van der Waals surface area contributed by atoms with Gasteiger partial charge in [0.15, 0.2) is 0 Å². The second-order valence-corrected chi connectivity index (χ2v) is 7.41. The Bertz CT molecular complexity index is 808. The van der Waals surface area contributed by atoms with Crippen LogP contribution >= 0.6 is 0 Å². The third-order valence-corrected chi connectivity index (χ3v) is 5.71. The third-order valence-electron chi connectivity index (χ3n) is 5.71. The van der Waals surface area contributed by atoms with Gasteiger partial charge in [-0.05, 0) is 44.4 Å². The Balaban J connectivity index is 1.70. The molecule has 0 bridgehead atoms. The summed E-state index contributed by atoms with van der Waals surface area (Å²) in [5.41, 5.74) is 0.224. The van der Waals surface area contributed by atoms with Crippen molar-refractivity contribution in [2.45, 2.75) is 50.2 Å². The van der Waals surface area contributed by atoms with Crippen molar-refractivity contribution in [2.24, 2.45) is 7.05 Å². The molecular formula is C19H25N3O2. The number of hydrogen-bond donors (Lipinski definition) is 1. The van der Waals surface area contributed by atoms with Crippen molar-refractivity contribution in [3.05, 3.63) is 40.4 Å². The Hall–Kier alpha value is -1.72. The largest absolute Gasteiger partial charge is 0.389 e. The zero-order valence-corrected chi connectivity index (χ0v) is 14.2. The predicted molar refractivity (Wildman–Crippen MR) is 93.9 cm³/mol. The van der Waals surface area contributed by atoms with Crippen molar-refractivity contribution in [2.75, 3.05) is 13.1 Å². The zero-order chi connectivity index (χ0) is 16.7. The van der Waals surface area contributed by atoms with Crippen LogP contribution in [-0.4, -0.2) is 38.2 Å². The van der Waals surface area contributed by atoms with Crippen LogP contribution in [0.4, 0.5) is 0 Å². The van der Waals surface area contributed by atoms with Crippen molar-refractivity contribution in [3.63, 3.8) is 0 Å². The summed E-state index contributed by atoms with van der Waals surface area (Å²) in [4.78, 5) is 19.8. The van der Waals surface area contributed by atoms with Crippen molar-refractivity contribution in [3.8, 4) is 0 Å². The molecule has 4 rings (SSSR count). The zero-order valence-electron chi connectivity index (χ0n) is 14.2. The van der Waals surface area contributed by atoms with Crippen LogP contribution in [0.25, 0.3) is 10.9 Å². The van der Waals surface area contributed by atoms with E-state index in [1.165, 1.54) is 0 Å². The summed E-state index contributed by atoms with van der Waals surface area (Å²) in [5.74, 6) is 0.831. The monoisotopic (exact) mass is 327 g/mol. The molecule has 2 aliphatic rings. The van der Waals surface area contributed by atoms with Gasteiger partial charge in [-0.25, -0.2) is 4.98 Å². The Kier molecular flexibility index (Phi) is 3.93. The summed E-state index contributed by atoms with van der Waals surface area (Å²) in [6.45, 7) is 1.66. The van der Waals surface area contributed by atoms with Crippen LogP contribution in [0.3, 0.4) is 0 Å². The molecular weight excluding hydrogens is 302 g/mol. The number of para-hydroxylation sites is 1. The summed E-state index contributed by atoms with van der Waals surface area (Å²) >= 11 is 0. The predicted octanol–water partition coefficient (Wildman–Crippen LogP) is 2.38. The normalized spacial score (nSPS) is 24.0. The fraction of sp³-hybridized carbons (Fsp3) is 0.579. The van der Waals surface area contributed by atoms with Crippen LogP contribution in [0.1, 0.15) is 50.4 Å². The Morgan fingerprint density at radius 2 is 2.00 bits per heavy atom. The average Bonchev–Trinajstić information content (AvgIpc) is 3.20. The van der Waals surface area contributed by atoms with Gasteiger partial charge in [0.1, 0.15) is 5.82 Å². The number of likely N-dealkylation sites (tertiary alicyclic amines) is 1. The van der Waals surface area contributed by atoms with E-state index in [-0.39, 0.29) is 11.6 Å². The quantitative estimate of drug-likeness (QED) is 0.940. The van der Waals surface area contributed by atoms with Gasteiger partial charge in [0.2, 0.25) is 0 Å². The lowest BCUT2D eigenvalue weighted by Gasteiger charge is -2.32. The summed E-state index contributed by atoms with van der Waals surface area (Å²) in [6.07, 6.45) is 6.09. The van der Waals surface area contributed by atoms with Gasteiger partial charge >= 0.3 is 0 Å². The minimum Gasteiger partial charge on any atom is -0.389 e. The van der Waals surface area contributed by atoms with Crippen molar-refractivity contribution in [1.82, 2.24) is 14.5 Å². The fourth-order valence-corrected chi connectivity index (χ4v) is 4.41. The first-order valence-electron chi connectivity index (χ1n) is 8.99. The minimum atomic E-state index is -0.557. The smallest absolute Gasteiger partial charge is 0.261 e. The number of benzene rings is 1. The van der Waals surface area contributed by atoms with Crippen LogP contribution < -0.4 is 5.56 Å². The third kappa shape index (κ3) is 2.66. The van der Waals surface area contributed by atoms with E-state index in [2.05, 4.69) is 4.90 Å². The molecule has 1 saturated heterocycles. The standard InChI is InChI=1S/C19H25N3O2/c1-21-17(20-15-8-3-2-7-14(15)18(21)23)16-9-6-12-22(16)13-19(24)10-4-5-11-19/h2-3,7-8,16,24H,4-6,9-13H2,1H3. The molecule has 5 heteroatoms. The van der Waals surface area contributed by atoms with E-state index in [9.17, 15) is 9.90 Å². The van der Waals surface area contributed by atoms with E-state index >= 15 is 0 Å². The van der Waals surface area contributed by atoms with Crippen molar-refractivity contribution < 1.29 is 5.11 Å². The molecule has 2 heterocycles. The van der Waals surface area contributed by atoms with Crippen molar-refractivity contribution >= 4 is 10.9 Å². The highest BCUT2D eigenvalue weighted by Gasteiger charge is 2.38. The van der Waals surface area contributed by atoms with Crippen LogP contribution in [0.2, 0.25) is 0 Å². The van der Waals surface area contributed by atoms with Gasteiger partial charge < -0.3 is 5.11 Å². The number of hydrogen-bond acceptors (Lipinski definition) is 4. The van der Waals surface area contributed by atoms with Gasteiger partial charge in [-0.3, -0.25) is 14.3 Å². The molecule has 128 valence electrons. The molecule has 1 atom stereocenters. The highest BCUT2D eigenvalue weighted by Crippen LogP contribution is 2.36. The first kappa shape index (κ1) is 15.8. The fourth-order valence-electron chi connectivity index (χ4n) is 4.41. The number of rotatable bonds is 3. The maximum absolute atomic E-state index is 12.7. The number of nitrogens with zero attached hydrogens (tertiary/aromatic N) is 3. The SMILES string of the molecule is Cn1c(C2CCCN2CC2(O)CCCC2)nc2ccccc2c1=O. The van der Waals surface area contributed by atoms with Crippen LogP contribution in [0.5, 0.6) is 0 Å². The Labute approximate surface area is 141 Å². The summed E-state index contributed by atoms with van der Waals surface area (Å²) < 4.78 is 1.70. The molecule has 1 unspecified atom stereocenters. The Morgan fingerprint density at radius 3 is 2.79 bits per heavy atom. The number of aromatic nitrogens is 2.